The number of rotatable bonds is 11. The summed E-state index contributed by atoms with van der Waals surface area (Å²) in [5.41, 5.74) is 0.259. The number of carboxylic acids is 1. The maximum Gasteiger partial charge on any atom is 0.303 e. The predicted molar refractivity (Wildman–Crippen MR) is 106 cm³/mol. The molecule has 0 saturated heterocycles. The predicted octanol–water partition coefficient (Wildman–Crippen LogP) is 3.12. The van der Waals surface area contributed by atoms with Crippen LogP contribution in [0.3, 0.4) is 0 Å². The van der Waals surface area contributed by atoms with Gasteiger partial charge in [-0.3, -0.25) is 19.5 Å². The minimum atomic E-state index is -0.975. The topological polar surface area (TPSA) is 95.5 Å². The van der Waals surface area contributed by atoms with Crippen LogP contribution in [0.15, 0.2) is 0 Å². The Labute approximate surface area is 150 Å². The number of carbonyl (C=O) groups excluding carboxylic acids is 2. The van der Waals surface area contributed by atoms with E-state index in [2.05, 4.69) is 40.1 Å². The van der Waals surface area contributed by atoms with Crippen molar-refractivity contribution in [1.82, 2.24) is 10.4 Å². The van der Waals surface area contributed by atoms with Crippen LogP contribution in [-0.2, 0) is 14.4 Å². The summed E-state index contributed by atoms with van der Waals surface area (Å²) in [6, 6.07) is -1.15. The van der Waals surface area contributed by atoms with Crippen molar-refractivity contribution in [2.24, 2.45) is 5.41 Å². The summed E-state index contributed by atoms with van der Waals surface area (Å²) in [6.45, 7) is 9.74. The second-order valence-electron chi connectivity index (χ2n) is 7.05. The van der Waals surface area contributed by atoms with E-state index < -0.39 is 25.8 Å². The van der Waals surface area contributed by atoms with Gasteiger partial charge >= 0.3 is 5.97 Å². The number of carbonyl (C=O) groups is 3. The minimum Gasteiger partial charge on any atom is -0.481 e. The van der Waals surface area contributed by atoms with Gasteiger partial charge in [-0.05, 0) is 46.0 Å². The Morgan fingerprint density at radius 1 is 1.29 bits per heavy atom. The lowest BCUT2D eigenvalue weighted by Gasteiger charge is -2.26. The molecule has 0 aromatic heterocycles. The van der Waals surface area contributed by atoms with E-state index in [0.29, 0.717) is 7.96 Å². The standard InChI is InChI=1S/C15H31N2O4P3/c1-10(17-24(23-22)9-8-15(3,4)5)14(21)16-12(11(2)18)6-7-13(19)20/h10,12,17,23H,6-9,22H2,1-5H3,(H,16,21)(H,19,20)/t10?,12-,24?/m0/s1. The number of nitrogens with one attached hydrogen (secondary N) is 2. The Morgan fingerprint density at radius 3 is 2.29 bits per heavy atom. The van der Waals surface area contributed by atoms with Gasteiger partial charge < -0.3 is 10.4 Å². The first-order valence-corrected chi connectivity index (χ1v) is 13.2. The summed E-state index contributed by atoms with van der Waals surface area (Å²) in [4.78, 5) is 34.5. The van der Waals surface area contributed by atoms with Crippen LogP contribution in [-0.4, -0.2) is 41.0 Å². The Morgan fingerprint density at radius 2 is 1.88 bits per heavy atom. The van der Waals surface area contributed by atoms with E-state index in [9.17, 15) is 14.4 Å². The third-order valence-electron chi connectivity index (χ3n) is 3.44. The summed E-state index contributed by atoms with van der Waals surface area (Å²) in [5, 5.41) is 14.8. The van der Waals surface area contributed by atoms with Gasteiger partial charge in [0.2, 0.25) is 5.91 Å². The number of amides is 1. The lowest BCUT2D eigenvalue weighted by Crippen LogP contribution is -2.47. The zero-order valence-electron chi connectivity index (χ0n) is 15.2. The maximum absolute atomic E-state index is 12.3. The number of ketones is 1. The van der Waals surface area contributed by atoms with Crippen molar-refractivity contribution in [1.29, 1.82) is 0 Å². The monoisotopic (exact) mass is 396 g/mol. The molecule has 6 nitrogen and oxygen atoms in total. The number of aliphatic carboxylic acids is 1. The highest BCUT2D eigenvalue weighted by Crippen LogP contribution is 2.58. The molecule has 0 spiro atoms. The first-order chi connectivity index (χ1) is 11.0. The normalized spacial score (nSPS) is 15.9. The zero-order valence-corrected chi connectivity index (χ0v) is 18.2. The molecule has 24 heavy (non-hydrogen) atoms. The highest BCUT2D eigenvalue weighted by Gasteiger charge is 2.23. The van der Waals surface area contributed by atoms with Crippen molar-refractivity contribution in [2.75, 3.05) is 6.16 Å². The molecule has 0 radical (unpaired) electrons. The summed E-state index contributed by atoms with van der Waals surface area (Å²) < 4.78 is 0. The van der Waals surface area contributed by atoms with E-state index in [1.165, 1.54) is 6.92 Å². The first kappa shape index (κ1) is 23.9. The number of hydrogen-bond donors (Lipinski definition) is 3. The molecule has 0 bridgehead atoms. The van der Waals surface area contributed by atoms with Crippen molar-refractivity contribution < 1.29 is 19.5 Å². The van der Waals surface area contributed by atoms with Gasteiger partial charge in [-0.25, -0.2) is 0 Å². The fraction of sp³-hybridized carbons (Fsp3) is 0.800. The third-order valence-corrected chi connectivity index (χ3v) is 9.92. The van der Waals surface area contributed by atoms with Gasteiger partial charge in [0, 0.05) is 6.42 Å². The molecule has 0 rings (SSSR count). The van der Waals surface area contributed by atoms with Crippen molar-refractivity contribution >= 4 is 42.3 Å². The molecule has 0 aliphatic rings. The average Bonchev–Trinajstić information content (AvgIpc) is 2.45. The average molecular weight is 396 g/mol. The maximum atomic E-state index is 12.3. The van der Waals surface area contributed by atoms with Crippen LogP contribution >= 0.6 is 24.6 Å². The molecule has 0 saturated carbocycles. The van der Waals surface area contributed by atoms with Crippen molar-refractivity contribution in [3.63, 3.8) is 0 Å². The number of carboxylic acid groups (broad SMARTS) is 1. The largest absolute Gasteiger partial charge is 0.481 e. The summed E-state index contributed by atoms with van der Waals surface area (Å²) in [7, 11) is 2.95. The van der Waals surface area contributed by atoms with Crippen LogP contribution in [0, 0.1) is 5.41 Å². The second-order valence-corrected chi connectivity index (χ2v) is 13.6. The molecule has 0 aliphatic carbocycles. The zero-order chi connectivity index (χ0) is 18.9. The third kappa shape index (κ3) is 11.4. The molecule has 4 unspecified atom stereocenters. The van der Waals surface area contributed by atoms with Crippen LogP contribution in [0.4, 0.5) is 0 Å². The first-order valence-electron chi connectivity index (χ1n) is 7.99. The highest BCUT2D eigenvalue weighted by molar-refractivity contribution is 8.44. The molecular formula is C15H31N2O4P3. The van der Waals surface area contributed by atoms with Gasteiger partial charge in [-0.2, -0.15) is 0 Å². The SMILES string of the molecule is CC(=O)[C@H](CCC(=O)O)NC(=O)C(C)NP(CCC(C)(C)C)PP. The van der Waals surface area contributed by atoms with Gasteiger partial charge in [0.05, 0.1) is 12.1 Å². The Kier molecular flexibility index (Phi) is 11.4. The van der Waals surface area contributed by atoms with Gasteiger partial charge in [-0.15, -0.1) is 8.93 Å². The smallest absolute Gasteiger partial charge is 0.303 e. The van der Waals surface area contributed by atoms with Gasteiger partial charge in [0.1, 0.15) is 0 Å². The Balaban J connectivity index is 4.54. The fourth-order valence-electron chi connectivity index (χ4n) is 1.85. The molecule has 0 aromatic carbocycles. The highest BCUT2D eigenvalue weighted by atomic mass is 32.4. The molecule has 3 N–H and O–H groups in total. The Hall–Kier alpha value is -0.140. The molecule has 1 amide bonds. The van der Waals surface area contributed by atoms with Crippen LogP contribution in [0.25, 0.3) is 0 Å². The lowest BCUT2D eigenvalue weighted by molar-refractivity contribution is -0.137. The molecule has 9 heteroatoms. The van der Waals surface area contributed by atoms with Crippen molar-refractivity contribution in [3.8, 4) is 0 Å². The minimum absolute atomic E-state index is 0.118. The van der Waals surface area contributed by atoms with E-state index >= 15 is 0 Å². The summed E-state index contributed by atoms with van der Waals surface area (Å²) in [6.07, 6.45) is 2.09. The van der Waals surface area contributed by atoms with Crippen molar-refractivity contribution in [2.45, 2.75) is 66.0 Å². The molecule has 0 aliphatic heterocycles. The molecule has 140 valence electrons. The Bertz CT molecular complexity index is 441. The summed E-state index contributed by atoms with van der Waals surface area (Å²) in [5.74, 6) is -1.46. The van der Waals surface area contributed by atoms with E-state index in [4.69, 9.17) is 5.11 Å². The van der Waals surface area contributed by atoms with E-state index in [0.717, 1.165) is 12.6 Å². The van der Waals surface area contributed by atoms with Crippen LogP contribution in [0.1, 0.15) is 53.9 Å². The van der Waals surface area contributed by atoms with Crippen LogP contribution in [0.5, 0.6) is 0 Å². The van der Waals surface area contributed by atoms with Gasteiger partial charge in [0.15, 0.2) is 5.78 Å². The van der Waals surface area contributed by atoms with Crippen molar-refractivity contribution in [3.05, 3.63) is 0 Å². The molecule has 5 atom stereocenters. The molecule has 0 aromatic rings. The lowest BCUT2D eigenvalue weighted by atomic mass is 9.94. The fourth-order valence-corrected chi connectivity index (χ4v) is 7.02. The summed E-state index contributed by atoms with van der Waals surface area (Å²) >= 11 is 0. The van der Waals surface area contributed by atoms with Crippen LogP contribution < -0.4 is 10.4 Å². The molecular weight excluding hydrogens is 365 g/mol. The van der Waals surface area contributed by atoms with E-state index in [1.54, 1.807) is 6.92 Å². The molecule has 0 heterocycles. The van der Waals surface area contributed by atoms with E-state index in [1.807, 2.05) is 0 Å². The molecule has 0 fully saturated rings. The second kappa shape index (κ2) is 11.5. The number of hydrogen-bond acceptors (Lipinski definition) is 4. The van der Waals surface area contributed by atoms with E-state index in [-0.39, 0.29) is 29.9 Å². The quantitative estimate of drug-likeness (QED) is 0.467. The van der Waals surface area contributed by atoms with Crippen LogP contribution in [0.2, 0.25) is 0 Å². The van der Waals surface area contributed by atoms with Gasteiger partial charge in [0.25, 0.3) is 0 Å². The van der Waals surface area contributed by atoms with Gasteiger partial charge in [-0.1, -0.05) is 28.7 Å². The number of Topliss-reactive ketones (excluding diaryl/α,β-unsaturated/α-hetero) is 1.